The third kappa shape index (κ3) is 4.12. The van der Waals surface area contributed by atoms with Crippen LogP contribution in [-0.4, -0.2) is 59.9 Å². The second kappa shape index (κ2) is 6.98. The molecule has 1 saturated carbocycles. The van der Waals surface area contributed by atoms with E-state index in [1.807, 2.05) is 11.8 Å². The van der Waals surface area contributed by atoms with Crippen LogP contribution in [-0.2, 0) is 4.79 Å². The van der Waals surface area contributed by atoms with Crippen LogP contribution >= 0.6 is 11.8 Å². The third-order valence-electron chi connectivity index (χ3n) is 4.83. The lowest BCUT2D eigenvalue weighted by Crippen LogP contribution is -2.45. The smallest absolute Gasteiger partial charge is 0.236 e. The summed E-state index contributed by atoms with van der Waals surface area (Å²) in [7, 11) is 2.12. The molecule has 2 atom stereocenters. The van der Waals surface area contributed by atoms with Crippen LogP contribution in [0.25, 0.3) is 0 Å². The molecule has 0 aromatic rings. The Kier molecular flexibility index (Phi) is 5.58. The van der Waals surface area contributed by atoms with Gasteiger partial charge in [0.25, 0.3) is 0 Å². The van der Waals surface area contributed by atoms with Crippen molar-refractivity contribution in [2.24, 2.45) is 5.92 Å². The highest BCUT2D eigenvalue weighted by molar-refractivity contribution is 7.99. The summed E-state index contributed by atoms with van der Waals surface area (Å²) in [5.41, 5.74) is 0. The molecule has 4 heteroatoms. The van der Waals surface area contributed by atoms with Crippen molar-refractivity contribution in [2.75, 3.05) is 32.9 Å². The van der Waals surface area contributed by atoms with Crippen molar-refractivity contribution in [1.82, 2.24) is 9.80 Å². The number of likely N-dealkylation sites (tertiary alicyclic amines) is 1. The Bertz CT molecular complexity index is 303. The average molecular weight is 284 g/mol. The van der Waals surface area contributed by atoms with E-state index < -0.39 is 0 Å². The number of nitrogens with zero attached hydrogens (tertiary/aromatic N) is 2. The number of thioether (sulfide) groups is 1. The van der Waals surface area contributed by atoms with Gasteiger partial charge in [0, 0.05) is 24.4 Å². The first-order valence-electron chi connectivity index (χ1n) is 7.61. The van der Waals surface area contributed by atoms with Crippen LogP contribution in [0.4, 0.5) is 0 Å². The molecule has 1 saturated heterocycles. The summed E-state index contributed by atoms with van der Waals surface area (Å²) in [6.07, 6.45) is 8.37. The molecular formula is C15H28N2OS. The van der Waals surface area contributed by atoms with Crippen LogP contribution in [0, 0.1) is 5.92 Å². The highest BCUT2D eigenvalue weighted by atomic mass is 32.2. The lowest BCUT2D eigenvalue weighted by Gasteiger charge is -2.33. The molecular weight excluding hydrogens is 256 g/mol. The lowest BCUT2D eigenvalue weighted by molar-refractivity contribution is -0.133. The van der Waals surface area contributed by atoms with E-state index in [0.717, 1.165) is 24.3 Å². The Morgan fingerprint density at radius 3 is 2.53 bits per heavy atom. The van der Waals surface area contributed by atoms with Crippen molar-refractivity contribution in [3.63, 3.8) is 0 Å². The molecule has 1 aliphatic carbocycles. The SMILES string of the molecule is CS[C@H]1CC[C@H](N(C)CC(=O)N2CCC(C)CC2)C1. The van der Waals surface area contributed by atoms with Crippen LogP contribution in [0.5, 0.6) is 0 Å². The number of rotatable bonds is 4. The first-order valence-corrected chi connectivity index (χ1v) is 8.89. The predicted molar refractivity (Wildman–Crippen MR) is 82.6 cm³/mol. The zero-order chi connectivity index (χ0) is 13.8. The van der Waals surface area contributed by atoms with Crippen LogP contribution in [0.3, 0.4) is 0 Å². The minimum Gasteiger partial charge on any atom is -0.342 e. The predicted octanol–water partition coefficient (Wildman–Crippen LogP) is 2.46. The van der Waals surface area contributed by atoms with Gasteiger partial charge in [0.2, 0.25) is 5.91 Å². The molecule has 1 heterocycles. The van der Waals surface area contributed by atoms with Gasteiger partial charge in [0.15, 0.2) is 0 Å². The van der Waals surface area contributed by atoms with Crippen molar-refractivity contribution in [3.8, 4) is 0 Å². The highest BCUT2D eigenvalue weighted by Crippen LogP contribution is 2.30. The fourth-order valence-electron chi connectivity index (χ4n) is 3.23. The molecule has 2 rings (SSSR count). The largest absolute Gasteiger partial charge is 0.342 e. The van der Waals surface area contributed by atoms with Crippen LogP contribution in [0.2, 0.25) is 0 Å². The Morgan fingerprint density at radius 2 is 1.95 bits per heavy atom. The molecule has 19 heavy (non-hydrogen) atoms. The molecule has 0 N–H and O–H groups in total. The van der Waals surface area contributed by atoms with Crippen molar-refractivity contribution < 1.29 is 4.79 Å². The van der Waals surface area contributed by atoms with Crippen LogP contribution in [0.1, 0.15) is 39.0 Å². The van der Waals surface area contributed by atoms with Crippen molar-refractivity contribution >= 4 is 17.7 Å². The van der Waals surface area contributed by atoms with Gasteiger partial charge < -0.3 is 4.90 Å². The van der Waals surface area contributed by atoms with Crippen LogP contribution in [0.15, 0.2) is 0 Å². The zero-order valence-electron chi connectivity index (χ0n) is 12.6. The molecule has 0 radical (unpaired) electrons. The standard InChI is InChI=1S/C15H28N2OS/c1-12-6-8-17(9-7-12)15(18)11-16(2)13-4-5-14(10-13)19-3/h12-14H,4-11H2,1-3H3/t13-,14-/m0/s1. The second-order valence-electron chi connectivity index (χ2n) is 6.30. The first kappa shape index (κ1) is 15.2. The normalized spacial score (nSPS) is 29.2. The molecule has 0 aromatic heterocycles. The summed E-state index contributed by atoms with van der Waals surface area (Å²) in [4.78, 5) is 16.7. The summed E-state index contributed by atoms with van der Waals surface area (Å²) in [5.74, 6) is 1.13. The van der Waals surface area contributed by atoms with Gasteiger partial charge in [0.1, 0.15) is 0 Å². The van der Waals surface area contributed by atoms with E-state index in [1.165, 1.54) is 32.1 Å². The monoisotopic (exact) mass is 284 g/mol. The van der Waals surface area contributed by atoms with Gasteiger partial charge >= 0.3 is 0 Å². The average Bonchev–Trinajstić information content (AvgIpc) is 2.88. The number of hydrogen-bond acceptors (Lipinski definition) is 3. The van der Waals surface area contributed by atoms with Gasteiger partial charge in [-0.1, -0.05) is 6.92 Å². The summed E-state index contributed by atoms with van der Waals surface area (Å²) in [6.45, 7) is 4.83. The van der Waals surface area contributed by atoms with Crippen molar-refractivity contribution in [3.05, 3.63) is 0 Å². The molecule has 2 aliphatic rings. The summed E-state index contributed by atoms with van der Waals surface area (Å²) in [5, 5.41) is 0.804. The number of likely N-dealkylation sites (N-methyl/N-ethyl adjacent to an activating group) is 1. The number of carbonyl (C=O) groups excluding carboxylic acids is 1. The Labute approximate surface area is 122 Å². The van der Waals surface area contributed by atoms with E-state index in [0.29, 0.717) is 18.5 Å². The molecule has 110 valence electrons. The van der Waals surface area contributed by atoms with E-state index in [9.17, 15) is 4.79 Å². The van der Waals surface area contributed by atoms with Gasteiger partial charge in [-0.3, -0.25) is 9.69 Å². The van der Waals surface area contributed by atoms with E-state index in [-0.39, 0.29) is 0 Å². The second-order valence-corrected chi connectivity index (χ2v) is 7.44. The number of carbonyl (C=O) groups is 1. The fraction of sp³-hybridized carbons (Fsp3) is 0.933. The van der Waals surface area contributed by atoms with Gasteiger partial charge in [-0.2, -0.15) is 11.8 Å². The molecule has 1 amide bonds. The minimum absolute atomic E-state index is 0.335. The maximum Gasteiger partial charge on any atom is 0.236 e. The molecule has 3 nitrogen and oxygen atoms in total. The fourth-order valence-corrected chi connectivity index (χ4v) is 4.02. The van der Waals surface area contributed by atoms with Crippen molar-refractivity contribution in [1.29, 1.82) is 0 Å². The summed E-state index contributed by atoms with van der Waals surface area (Å²) < 4.78 is 0. The van der Waals surface area contributed by atoms with E-state index in [2.05, 4.69) is 30.0 Å². The highest BCUT2D eigenvalue weighted by Gasteiger charge is 2.29. The molecule has 0 aromatic carbocycles. The number of amides is 1. The summed E-state index contributed by atoms with van der Waals surface area (Å²) >= 11 is 1.98. The molecule has 0 bridgehead atoms. The maximum atomic E-state index is 12.3. The van der Waals surface area contributed by atoms with Crippen molar-refractivity contribution in [2.45, 2.75) is 50.3 Å². The maximum absolute atomic E-state index is 12.3. The molecule has 1 aliphatic heterocycles. The van der Waals surface area contributed by atoms with Gasteiger partial charge in [-0.25, -0.2) is 0 Å². The molecule has 2 fully saturated rings. The zero-order valence-corrected chi connectivity index (χ0v) is 13.4. The minimum atomic E-state index is 0.335. The lowest BCUT2D eigenvalue weighted by atomic mass is 9.99. The molecule has 0 unspecified atom stereocenters. The Hall–Kier alpha value is -0.220. The molecule has 0 spiro atoms. The quantitative estimate of drug-likeness (QED) is 0.792. The number of piperidine rings is 1. The topological polar surface area (TPSA) is 23.6 Å². The van der Waals surface area contributed by atoms with Crippen LogP contribution < -0.4 is 0 Å². The van der Waals surface area contributed by atoms with E-state index in [4.69, 9.17) is 0 Å². The summed E-state index contributed by atoms with van der Waals surface area (Å²) in [6, 6.07) is 0.616. The van der Waals surface area contributed by atoms with E-state index in [1.54, 1.807) is 0 Å². The Balaban J connectivity index is 1.75. The number of hydrogen-bond donors (Lipinski definition) is 0. The third-order valence-corrected chi connectivity index (χ3v) is 5.93. The van der Waals surface area contributed by atoms with E-state index >= 15 is 0 Å². The first-order chi connectivity index (χ1) is 9.10. The van der Waals surface area contributed by atoms with Gasteiger partial charge in [-0.15, -0.1) is 0 Å². The Morgan fingerprint density at radius 1 is 1.26 bits per heavy atom. The van der Waals surface area contributed by atoms with Gasteiger partial charge in [0.05, 0.1) is 6.54 Å². The van der Waals surface area contributed by atoms with Gasteiger partial charge in [-0.05, 0) is 51.3 Å².